The highest BCUT2D eigenvalue weighted by molar-refractivity contribution is 6.30. The number of nitrogens with zero attached hydrogens (tertiary/aromatic N) is 3. The molecule has 0 aromatic heterocycles. The number of piperidine rings is 1. The first-order valence-corrected chi connectivity index (χ1v) is 14.7. The van der Waals surface area contributed by atoms with Gasteiger partial charge >= 0.3 is 0 Å². The molecule has 1 aliphatic carbocycles. The third-order valence-electron chi connectivity index (χ3n) is 8.82. The van der Waals surface area contributed by atoms with Gasteiger partial charge in [0.1, 0.15) is 6.04 Å². The predicted molar refractivity (Wildman–Crippen MR) is 157 cm³/mol. The lowest BCUT2D eigenvalue weighted by Gasteiger charge is -2.35. The summed E-state index contributed by atoms with van der Waals surface area (Å²) in [6, 6.07) is 11.5. The van der Waals surface area contributed by atoms with E-state index < -0.39 is 29.7 Å². The Bertz CT molecular complexity index is 1550. The van der Waals surface area contributed by atoms with Crippen LogP contribution in [0.2, 0.25) is 5.02 Å². The van der Waals surface area contributed by atoms with Crippen molar-refractivity contribution in [1.82, 2.24) is 20.0 Å². The van der Waals surface area contributed by atoms with Gasteiger partial charge in [0.05, 0.1) is 17.8 Å². The molecule has 0 bridgehead atoms. The van der Waals surface area contributed by atoms with Crippen molar-refractivity contribution in [2.24, 2.45) is 5.41 Å². The first kappa shape index (κ1) is 28.3. The Morgan fingerprint density at radius 1 is 0.976 bits per heavy atom. The Morgan fingerprint density at radius 3 is 2.45 bits per heavy atom. The van der Waals surface area contributed by atoms with Crippen LogP contribution < -0.4 is 5.32 Å². The number of imide groups is 2. The summed E-state index contributed by atoms with van der Waals surface area (Å²) in [4.78, 5) is 68.6. The van der Waals surface area contributed by atoms with Crippen LogP contribution in [0, 0.1) is 5.41 Å². The summed E-state index contributed by atoms with van der Waals surface area (Å²) < 4.78 is 0. The van der Waals surface area contributed by atoms with Crippen molar-refractivity contribution in [2.75, 3.05) is 26.3 Å². The summed E-state index contributed by atoms with van der Waals surface area (Å²) in [6.07, 6.45) is 3.22. The van der Waals surface area contributed by atoms with Gasteiger partial charge < -0.3 is 4.90 Å². The minimum atomic E-state index is -1.04. The molecular weight excluding hydrogens is 556 g/mol. The lowest BCUT2D eigenvalue weighted by Crippen LogP contribution is -2.54. The summed E-state index contributed by atoms with van der Waals surface area (Å²) in [5, 5.41) is 2.91. The molecule has 2 aromatic rings. The molecule has 4 aliphatic rings. The van der Waals surface area contributed by atoms with Crippen molar-refractivity contribution >= 4 is 46.7 Å². The second kappa shape index (κ2) is 10.8. The molecule has 9 nitrogen and oxygen atoms in total. The van der Waals surface area contributed by atoms with Gasteiger partial charge in [0.15, 0.2) is 0 Å². The van der Waals surface area contributed by atoms with Crippen LogP contribution in [0.15, 0.2) is 48.0 Å². The van der Waals surface area contributed by atoms with E-state index in [1.165, 1.54) is 28.8 Å². The maximum atomic E-state index is 13.5. The number of fused-ring (bicyclic) bond motifs is 1. The van der Waals surface area contributed by atoms with Gasteiger partial charge in [0.2, 0.25) is 11.8 Å². The van der Waals surface area contributed by atoms with Gasteiger partial charge in [0.25, 0.3) is 17.7 Å². The summed E-state index contributed by atoms with van der Waals surface area (Å²) in [5.41, 5.74) is 4.74. The standard InChI is InChI=1S/C32H33ClN4O5/c1-32(2)12-11-21(25(16-32)19-3-6-22(33)7-4-19)17-35-13-14-36(18-35)29(40)20-5-8-23-24(15-20)31(42)37(30(23)41)26-9-10-27(38)34-28(26)39/h3-8,15,26H,9-14,16-18H2,1-2H3,(H,34,38,39). The van der Waals surface area contributed by atoms with E-state index >= 15 is 0 Å². The molecule has 1 unspecified atom stereocenters. The average Bonchev–Trinajstić information content (AvgIpc) is 3.52. The fourth-order valence-corrected chi connectivity index (χ4v) is 6.59. The van der Waals surface area contributed by atoms with Crippen LogP contribution in [-0.4, -0.2) is 76.6 Å². The van der Waals surface area contributed by atoms with E-state index in [4.69, 9.17) is 11.6 Å². The molecule has 2 saturated heterocycles. The molecule has 2 fully saturated rings. The molecule has 42 heavy (non-hydrogen) atoms. The molecule has 2 aromatic carbocycles. The zero-order valence-electron chi connectivity index (χ0n) is 23.7. The SMILES string of the molecule is CC1(C)CCC(CN2CCN(C(=O)c3ccc4c(c3)C(=O)N(C3CCC(=O)NC3=O)C4=O)C2)=C(c2ccc(Cl)cc2)C1. The number of rotatable bonds is 5. The molecule has 0 saturated carbocycles. The highest BCUT2D eigenvalue weighted by Crippen LogP contribution is 2.43. The molecule has 3 heterocycles. The number of carbonyl (C=O) groups excluding carboxylic acids is 5. The number of allylic oxidation sites excluding steroid dienone is 1. The number of hydrogen-bond acceptors (Lipinski definition) is 6. The maximum Gasteiger partial charge on any atom is 0.262 e. The molecule has 0 spiro atoms. The quantitative estimate of drug-likeness (QED) is 0.527. The normalized spacial score (nSPS) is 22.6. The number of benzene rings is 2. The minimum absolute atomic E-state index is 0.0505. The Balaban J connectivity index is 1.16. The second-order valence-electron chi connectivity index (χ2n) is 12.4. The molecular formula is C32H33ClN4O5. The molecule has 6 rings (SSSR count). The fourth-order valence-electron chi connectivity index (χ4n) is 6.46. The lowest BCUT2D eigenvalue weighted by atomic mass is 9.72. The number of nitrogens with one attached hydrogen (secondary N) is 1. The molecule has 218 valence electrons. The van der Waals surface area contributed by atoms with Crippen molar-refractivity contribution < 1.29 is 24.0 Å². The minimum Gasteiger partial charge on any atom is -0.324 e. The smallest absolute Gasteiger partial charge is 0.262 e. The Labute approximate surface area is 249 Å². The highest BCUT2D eigenvalue weighted by Gasteiger charge is 2.45. The van der Waals surface area contributed by atoms with E-state index in [-0.39, 0.29) is 35.3 Å². The Kier molecular flexibility index (Phi) is 7.27. The van der Waals surface area contributed by atoms with Gasteiger partial charge in [-0.3, -0.25) is 39.1 Å². The number of hydrogen-bond donors (Lipinski definition) is 1. The highest BCUT2D eigenvalue weighted by atomic mass is 35.5. The van der Waals surface area contributed by atoms with Gasteiger partial charge in [0, 0.05) is 36.6 Å². The first-order valence-electron chi connectivity index (χ1n) is 14.3. The molecule has 0 radical (unpaired) electrons. The summed E-state index contributed by atoms with van der Waals surface area (Å²) in [7, 11) is 0. The zero-order valence-corrected chi connectivity index (χ0v) is 24.5. The van der Waals surface area contributed by atoms with Gasteiger partial charge in [-0.2, -0.15) is 0 Å². The topological polar surface area (TPSA) is 107 Å². The largest absolute Gasteiger partial charge is 0.324 e. The van der Waals surface area contributed by atoms with Crippen LogP contribution >= 0.6 is 11.6 Å². The number of halogens is 1. The van der Waals surface area contributed by atoms with E-state index in [2.05, 4.69) is 36.2 Å². The van der Waals surface area contributed by atoms with Crippen LogP contribution in [0.4, 0.5) is 0 Å². The molecule has 10 heteroatoms. The van der Waals surface area contributed by atoms with Gasteiger partial charge in [-0.15, -0.1) is 0 Å². The second-order valence-corrected chi connectivity index (χ2v) is 12.8. The summed E-state index contributed by atoms with van der Waals surface area (Å²) in [6.45, 7) is 7.13. The average molecular weight is 589 g/mol. The van der Waals surface area contributed by atoms with Gasteiger partial charge in [-0.25, -0.2) is 0 Å². The van der Waals surface area contributed by atoms with Crippen LogP contribution in [-0.2, 0) is 9.59 Å². The van der Waals surface area contributed by atoms with Crippen LogP contribution in [0.1, 0.15) is 82.6 Å². The number of amides is 5. The third kappa shape index (κ3) is 5.27. The van der Waals surface area contributed by atoms with Crippen molar-refractivity contribution in [3.8, 4) is 0 Å². The van der Waals surface area contributed by atoms with Crippen molar-refractivity contribution in [3.05, 3.63) is 75.3 Å². The van der Waals surface area contributed by atoms with Gasteiger partial charge in [-0.1, -0.05) is 43.2 Å². The Hall–Kier alpha value is -3.82. The van der Waals surface area contributed by atoms with Crippen LogP contribution in [0.25, 0.3) is 5.57 Å². The fraction of sp³-hybridized carbons (Fsp3) is 0.406. The van der Waals surface area contributed by atoms with E-state index in [0.717, 1.165) is 37.3 Å². The van der Waals surface area contributed by atoms with E-state index in [1.807, 2.05) is 12.1 Å². The van der Waals surface area contributed by atoms with E-state index in [9.17, 15) is 24.0 Å². The molecule has 3 aliphatic heterocycles. The number of carbonyl (C=O) groups is 5. The summed E-state index contributed by atoms with van der Waals surface area (Å²) >= 11 is 6.15. The van der Waals surface area contributed by atoms with Crippen molar-refractivity contribution in [3.63, 3.8) is 0 Å². The predicted octanol–water partition coefficient (Wildman–Crippen LogP) is 4.12. The maximum absolute atomic E-state index is 13.5. The monoisotopic (exact) mass is 588 g/mol. The van der Waals surface area contributed by atoms with E-state index in [1.54, 1.807) is 11.0 Å². The first-order chi connectivity index (χ1) is 20.0. The van der Waals surface area contributed by atoms with Crippen LogP contribution in [0.3, 0.4) is 0 Å². The molecule has 5 amide bonds. The third-order valence-corrected chi connectivity index (χ3v) is 9.08. The van der Waals surface area contributed by atoms with Crippen LogP contribution in [0.5, 0.6) is 0 Å². The van der Waals surface area contributed by atoms with E-state index in [0.29, 0.717) is 23.8 Å². The molecule has 1 atom stereocenters. The Morgan fingerprint density at radius 2 is 1.71 bits per heavy atom. The van der Waals surface area contributed by atoms with Crippen molar-refractivity contribution in [2.45, 2.75) is 52.0 Å². The van der Waals surface area contributed by atoms with Gasteiger partial charge in [-0.05, 0) is 72.6 Å². The van der Waals surface area contributed by atoms with Crippen molar-refractivity contribution in [1.29, 1.82) is 0 Å². The summed E-state index contributed by atoms with van der Waals surface area (Å²) in [5.74, 6) is -2.51. The lowest BCUT2D eigenvalue weighted by molar-refractivity contribution is -0.136. The zero-order chi connectivity index (χ0) is 29.8. The molecule has 1 N–H and O–H groups in total.